The Morgan fingerprint density at radius 2 is 1.70 bits per heavy atom. The van der Waals surface area contributed by atoms with Crippen LogP contribution in [0.15, 0.2) is 48.2 Å². The van der Waals surface area contributed by atoms with Crippen LogP contribution in [0.25, 0.3) is 5.57 Å². The Morgan fingerprint density at radius 3 is 2.37 bits per heavy atom. The van der Waals surface area contributed by atoms with Crippen molar-refractivity contribution in [3.8, 4) is 0 Å². The number of imide groups is 1. The van der Waals surface area contributed by atoms with Crippen LogP contribution in [-0.2, 0) is 9.59 Å². The Morgan fingerprint density at radius 1 is 0.967 bits per heavy atom. The zero-order valence-electron chi connectivity index (χ0n) is 15.9. The number of likely N-dealkylation sites (tertiary alicyclic amines) is 1. The van der Waals surface area contributed by atoms with E-state index >= 15 is 0 Å². The van der Waals surface area contributed by atoms with E-state index in [1.54, 1.807) is 4.90 Å². The molecule has 2 amide bonds. The molecule has 5 nitrogen and oxygen atoms in total. The van der Waals surface area contributed by atoms with E-state index in [0.29, 0.717) is 18.7 Å². The first-order valence-corrected chi connectivity index (χ1v) is 9.60. The molecule has 1 unspecified atom stereocenters. The number of benzene rings is 2. The van der Waals surface area contributed by atoms with Gasteiger partial charge in [0.1, 0.15) is 11.5 Å². The number of hydrogen-bond donors (Lipinski definition) is 1. The van der Waals surface area contributed by atoms with Crippen molar-refractivity contribution in [3.05, 3.63) is 71.2 Å². The molecule has 2 aliphatic rings. The molecule has 0 aromatic heterocycles. The van der Waals surface area contributed by atoms with Crippen molar-refractivity contribution in [2.75, 3.05) is 24.6 Å². The normalized spacial score (nSPS) is 19.8. The molecule has 2 aromatic rings. The third-order valence-corrected chi connectivity index (χ3v) is 5.45. The quantitative estimate of drug-likeness (QED) is 0.779. The molecule has 1 saturated heterocycles. The van der Waals surface area contributed by atoms with Crippen molar-refractivity contribution < 1.29 is 27.9 Å². The van der Waals surface area contributed by atoms with E-state index in [1.165, 1.54) is 24.3 Å². The molecule has 0 bridgehead atoms. The van der Waals surface area contributed by atoms with E-state index in [1.807, 2.05) is 0 Å². The fourth-order valence-electron chi connectivity index (χ4n) is 3.96. The molecule has 2 aliphatic heterocycles. The number of amides is 2. The number of hydrogen-bond acceptors (Lipinski definition) is 4. The zero-order valence-corrected chi connectivity index (χ0v) is 15.9. The van der Waals surface area contributed by atoms with Crippen LogP contribution in [0.3, 0.4) is 0 Å². The highest BCUT2D eigenvalue weighted by Gasteiger charge is 2.43. The average molecular weight is 416 g/mol. The third kappa shape index (κ3) is 3.47. The summed E-state index contributed by atoms with van der Waals surface area (Å²) in [6.07, 6.45) is 1.51. The average Bonchev–Trinajstić information content (AvgIpc) is 3.01. The molecule has 2 aromatic carbocycles. The summed E-state index contributed by atoms with van der Waals surface area (Å²) in [6, 6.07) is 7.98. The highest BCUT2D eigenvalue weighted by atomic mass is 19.2. The van der Waals surface area contributed by atoms with Gasteiger partial charge in [-0.25, -0.2) is 18.1 Å². The van der Waals surface area contributed by atoms with Crippen molar-refractivity contribution in [3.63, 3.8) is 0 Å². The van der Waals surface area contributed by atoms with Gasteiger partial charge in [0.05, 0.1) is 11.3 Å². The Kier molecular flexibility index (Phi) is 5.34. The van der Waals surface area contributed by atoms with E-state index < -0.39 is 29.3 Å². The summed E-state index contributed by atoms with van der Waals surface area (Å²) >= 11 is 0. The van der Waals surface area contributed by atoms with E-state index in [9.17, 15) is 27.9 Å². The third-order valence-electron chi connectivity index (χ3n) is 5.45. The lowest BCUT2D eigenvalue weighted by atomic mass is 9.97. The number of aliphatic hydroxyl groups is 1. The summed E-state index contributed by atoms with van der Waals surface area (Å²) in [4.78, 5) is 29.1. The first kappa shape index (κ1) is 20.2. The molecule has 2 heterocycles. The molecule has 4 rings (SSSR count). The van der Waals surface area contributed by atoms with Gasteiger partial charge in [0.2, 0.25) is 0 Å². The molecular formula is C22H19F3N2O3. The number of carbonyl (C=O) groups is 2. The smallest absolute Gasteiger partial charge is 0.282 e. The van der Waals surface area contributed by atoms with Gasteiger partial charge in [-0.2, -0.15) is 0 Å². The van der Waals surface area contributed by atoms with Gasteiger partial charge >= 0.3 is 0 Å². The molecule has 1 fully saturated rings. The number of nitrogens with zero attached hydrogens (tertiary/aromatic N) is 2. The second kappa shape index (κ2) is 7.95. The molecule has 156 valence electrons. The largest absolute Gasteiger partial charge is 0.396 e. The number of piperidine rings is 1. The van der Waals surface area contributed by atoms with Crippen LogP contribution in [0.4, 0.5) is 18.9 Å². The first-order chi connectivity index (χ1) is 14.4. The van der Waals surface area contributed by atoms with E-state index in [-0.39, 0.29) is 29.5 Å². The number of halogens is 3. The van der Waals surface area contributed by atoms with Gasteiger partial charge in [-0.3, -0.25) is 9.59 Å². The number of anilines is 1. The summed E-state index contributed by atoms with van der Waals surface area (Å²) in [7, 11) is 0. The molecule has 0 saturated carbocycles. The zero-order chi connectivity index (χ0) is 21.4. The predicted octanol–water partition coefficient (Wildman–Crippen LogP) is 3.09. The van der Waals surface area contributed by atoms with E-state index in [2.05, 4.69) is 0 Å². The van der Waals surface area contributed by atoms with Crippen molar-refractivity contribution in [1.82, 2.24) is 4.90 Å². The number of carbonyl (C=O) groups excluding carboxylic acids is 2. The fourth-order valence-corrected chi connectivity index (χ4v) is 3.96. The van der Waals surface area contributed by atoms with Crippen molar-refractivity contribution in [2.45, 2.75) is 12.8 Å². The number of rotatable bonds is 4. The van der Waals surface area contributed by atoms with Crippen LogP contribution in [-0.4, -0.2) is 41.5 Å². The molecule has 0 spiro atoms. The van der Waals surface area contributed by atoms with Crippen LogP contribution in [0.5, 0.6) is 0 Å². The maximum Gasteiger partial charge on any atom is 0.282 e. The second-order valence-electron chi connectivity index (χ2n) is 7.41. The standard InChI is InChI=1S/C22H19F3N2O3/c23-15-5-3-14(4-6-15)19-20(26-9-1-2-13(11-26)12-28)22(30)27(21(19)29)16-7-8-17(24)18(25)10-16/h3-8,10,13,28H,1-2,9,11-12H2. The summed E-state index contributed by atoms with van der Waals surface area (Å²) in [5.41, 5.74) is 0.452. The van der Waals surface area contributed by atoms with Crippen molar-refractivity contribution in [2.24, 2.45) is 5.92 Å². The Labute approximate surface area is 171 Å². The van der Waals surface area contributed by atoms with Crippen LogP contribution >= 0.6 is 0 Å². The Hall–Kier alpha value is -3.13. The van der Waals surface area contributed by atoms with E-state index in [0.717, 1.165) is 35.9 Å². The maximum absolute atomic E-state index is 13.8. The van der Waals surface area contributed by atoms with Crippen LogP contribution in [0, 0.1) is 23.4 Å². The summed E-state index contributed by atoms with van der Waals surface area (Å²) in [5.74, 6) is -4.17. The van der Waals surface area contributed by atoms with Crippen LogP contribution in [0.1, 0.15) is 18.4 Å². The summed E-state index contributed by atoms with van der Waals surface area (Å²) in [6.45, 7) is 0.826. The first-order valence-electron chi connectivity index (χ1n) is 9.60. The van der Waals surface area contributed by atoms with Crippen LogP contribution in [0.2, 0.25) is 0 Å². The van der Waals surface area contributed by atoms with Gasteiger partial charge in [-0.1, -0.05) is 12.1 Å². The molecule has 8 heteroatoms. The second-order valence-corrected chi connectivity index (χ2v) is 7.41. The SMILES string of the molecule is O=C1C(c2ccc(F)cc2)=C(N2CCCC(CO)C2)C(=O)N1c1ccc(F)c(F)c1. The highest BCUT2D eigenvalue weighted by molar-refractivity contribution is 6.45. The molecule has 30 heavy (non-hydrogen) atoms. The van der Waals surface area contributed by atoms with Crippen molar-refractivity contribution >= 4 is 23.1 Å². The highest BCUT2D eigenvalue weighted by Crippen LogP contribution is 2.36. The summed E-state index contributed by atoms with van der Waals surface area (Å²) in [5, 5.41) is 9.55. The van der Waals surface area contributed by atoms with Gasteiger partial charge in [-0.15, -0.1) is 0 Å². The Bertz CT molecular complexity index is 1040. The fraction of sp³-hybridized carbons (Fsp3) is 0.273. The van der Waals surface area contributed by atoms with Gasteiger partial charge < -0.3 is 10.0 Å². The Balaban J connectivity index is 1.81. The minimum atomic E-state index is -1.18. The van der Waals surface area contributed by atoms with Gasteiger partial charge in [0.25, 0.3) is 11.8 Å². The van der Waals surface area contributed by atoms with Gasteiger partial charge in [0, 0.05) is 25.8 Å². The molecule has 1 atom stereocenters. The monoisotopic (exact) mass is 416 g/mol. The molecule has 1 N–H and O–H groups in total. The molecular weight excluding hydrogens is 397 g/mol. The number of aliphatic hydroxyl groups excluding tert-OH is 1. The summed E-state index contributed by atoms with van der Waals surface area (Å²) < 4.78 is 40.6. The molecule has 0 aliphatic carbocycles. The molecule has 0 radical (unpaired) electrons. The van der Waals surface area contributed by atoms with Gasteiger partial charge in [-0.05, 0) is 48.6 Å². The lowest BCUT2D eigenvalue weighted by molar-refractivity contribution is -0.120. The van der Waals surface area contributed by atoms with E-state index in [4.69, 9.17) is 0 Å². The minimum Gasteiger partial charge on any atom is -0.396 e. The minimum absolute atomic E-state index is 0.0509. The van der Waals surface area contributed by atoms with Crippen LogP contribution < -0.4 is 4.90 Å². The lowest BCUT2D eigenvalue weighted by Gasteiger charge is -2.34. The predicted molar refractivity (Wildman–Crippen MR) is 104 cm³/mol. The maximum atomic E-state index is 13.8. The topological polar surface area (TPSA) is 60.9 Å². The lowest BCUT2D eigenvalue weighted by Crippen LogP contribution is -2.40. The van der Waals surface area contributed by atoms with Crippen molar-refractivity contribution in [1.29, 1.82) is 0 Å². The van der Waals surface area contributed by atoms with Gasteiger partial charge in [0.15, 0.2) is 11.6 Å².